The van der Waals surface area contributed by atoms with Crippen molar-refractivity contribution < 1.29 is 13.9 Å². The number of nitrogens with zero attached hydrogens (tertiary/aromatic N) is 5. The third-order valence-electron chi connectivity index (χ3n) is 10.2. The Labute approximate surface area is 299 Å². The van der Waals surface area contributed by atoms with Crippen LogP contribution in [0.1, 0.15) is 77.3 Å². The van der Waals surface area contributed by atoms with Crippen LogP contribution >= 0.6 is 11.6 Å². The maximum atomic E-state index is 9.33. The molecule has 2 aliphatic heterocycles. The molecule has 2 fully saturated rings. The fourth-order valence-electron chi connectivity index (χ4n) is 7.20. The number of fused-ring (bicyclic) bond motifs is 1. The summed E-state index contributed by atoms with van der Waals surface area (Å²) in [4.78, 5) is 14.0. The van der Waals surface area contributed by atoms with E-state index >= 15 is 0 Å². The smallest absolute Gasteiger partial charge is 0.198 e. The first-order valence-electron chi connectivity index (χ1n) is 17.7. The first kappa shape index (κ1) is 34.0. The molecule has 0 amide bonds. The lowest BCUT2D eigenvalue weighted by Crippen LogP contribution is -2.29. The van der Waals surface area contributed by atoms with E-state index in [9.17, 15) is 5.26 Å². The van der Waals surface area contributed by atoms with E-state index in [0.717, 1.165) is 107 Å². The van der Waals surface area contributed by atoms with Crippen LogP contribution in [0.15, 0.2) is 65.3 Å². The normalized spacial score (nSPS) is 16.1. The van der Waals surface area contributed by atoms with Gasteiger partial charge < -0.3 is 18.8 Å². The molecule has 5 aromatic rings. The van der Waals surface area contributed by atoms with E-state index in [0.29, 0.717) is 28.9 Å². The van der Waals surface area contributed by atoms with Gasteiger partial charge in [-0.15, -0.1) is 0 Å². The van der Waals surface area contributed by atoms with Gasteiger partial charge in [-0.25, -0.2) is 4.98 Å². The number of pyridine rings is 1. The van der Waals surface area contributed by atoms with Crippen molar-refractivity contribution in [1.29, 1.82) is 5.26 Å². The molecule has 0 unspecified atom stereocenters. The molecule has 0 atom stereocenters. The summed E-state index contributed by atoms with van der Waals surface area (Å²) >= 11 is 6.88. The summed E-state index contributed by atoms with van der Waals surface area (Å²) in [5, 5.41) is 9.88. The van der Waals surface area contributed by atoms with Gasteiger partial charge in [0.05, 0.1) is 10.6 Å². The number of halogens is 1. The molecule has 0 saturated carbocycles. The molecule has 2 aromatic heterocycles. The third kappa shape index (κ3) is 7.66. The Kier molecular flexibility index (Phi) is 10.4. The lowest BCUT2D eigenvalue weighted by molar-refractivity contribution is 0.214. The van der Waals surface area contributed by atoms with Gasteiger partial charge >= 0.3 is 0 Å². The minimum atomic E-state index is 0.284. The second-order valence-electron chi connectivity index (χ2n) is 13.9. The fraction of sp³-hybridized carbons (Fsp3) is 0.390. The Morgan fingerprint density at radius 3 is 2.52 bits per heavy atom. The molecule has 8 nitrogen and oxygen atoms in total. The third-order valence-corrected chi connectivity index (χ3v) is 10.5. The molecule has 0 N–H and O–H groups in total. The number of piperidine rings is 2. The summed E-state index contributed by atoms with van der Waals surface area (Å²) in [6.45, 7) is 9.88. The van der Waals surface area contributed by atoms with E-state index in [2.05, 4.69) is 72.1 Å². The second-order valence-corrected chi connectivity index (χ2v) is 14.3. The molecule has 0 spiro atoms. The molecule has 4 heterocycles. The average molecular weight is 690 g/mol. The molecule has 0 bridgehead atoms. The zero-order valence-corrected chi connectivity index (χ0v) is 29.9. The fourth-order valence-corrected chi connectivity index (χ4v) is 7.44. The summed E-state index contributed by atoms with van der Waals surface area (Å²) in [5.41, 5.74) is 9.70. The number of nitriles is 1. The van der Waals surface area contributed by atoms with E-state index in [1.807, 2.05) is 12.1 Å². The van der Waals surface area contributed by atoms with Crippen LogP contribution in [0.4, 0.5) is 0 Å². The van der Waals surface area contributed by atoms with Crippen molar-refractivity contribution in [3.8, 4) is 28.7 Å². The molecule has 9 heteroatoms. The molecule has 2 aliphatic rings. The zero-order chi connectivity index (χ0) is 34.6. The minimum Gasteiger partial charge on any atom is -0.488 e. The highest BCUT2D eigenvalue weighted by Gasteiger charge is 2.24. The predicted molar refractivity (Wildman–Crippen MR) is 197 cm³/mol. The maximum absolute atomic E-state index is 9.33. The molecular weight excluding hydrogens is 646 g/mol. The Hall–Kier alpha value is -4.42. The molecule has 50 heavy (non-hydrogen) atoms. The van der Waals surface area contributed by atoms with E-state index in [-0.39, 0.29) is 6.61 Å². The van der Waals surface area contributed by atoms with Gasteiger partial charge in [-0.3, -0.25) is 9.88 Å². The number of hydrogen-bond acceptors (Lipinski definition) is 8. The Balaban J connectivity index is 1.12. The van der Waals surface area contributed by atoms with Crippen LogP contribution in [0.25, 0.3) is 22.2 Å². The monoisotopic (exact) mass is 689 g/mol. The number of ether oxygens (including phenoxy) is 2. The Bertz CT molecular complexity index is 2020. The number of aromatic nitrogens is 2. The van der Waals surface area contributed by atoms with Gasteiger partial charge in [0, 0.05) is 42.0 Å². The van der Waals surface area contributed by atoms with Gasteiger partial charge in [0.2, 0.25) is 0 Å². The summed E-state index contributed by atoms with van der Waals surface area (Å²) in [5.74, 6) is 2.52. The quantitative estimate of drug-likeness (QED) is 0.144. The number of oxazole rings is 1. The van der Waals surface area contributed by atoms with Crippen LogP contribution < -0.4 is 9.47 Å². The highest BCUT2D eigenvalue weighted by Crippen LogP contribution is 2.37. The average Bonchev–Trinajstić information content (AvgIpc) is 3.57. The number of hydrogen-bond donors (Lipinski definition) is 0. The van der Waals surface area contributed by atoms with Gasteiger partial charge in [0.1, 0.15) is 36.3 Å². The Morgan fingerprint density at radius 1 is 0.920 bits per heavy atom. The number of benzene rings is 3. The van der Waals surface area contributed by atoms with E-state index < -0.39 is 0 Å². The summed E-state index contributed by atoms with van der Waals surface area (Å²) in [6, 6.07) is 18.5. The van der Waals surface area contributed by atoms with Crippen molar-refractivity contribution >= 4 is 22.7 Å². The van der Waals surface area contributed by atoms with Crippen molar-refractivity contribution in [2.45, 2.75) is 71.6 Å². The molecular formula is C41H44ClN5O3. The summed E-state index contributed by atoms with van der Waals surface area (Å²) < 4.78 is 19.1. The van der Waals surface area contributed by atoms with Crippen molar-refractivity contribution in [1.82, 2.24) is 19.8 Å². The molecule has 0 radical (unpaired) electrons. The molecule has 7 rings (SSSR count). The number of aryl methyl sites for hydroxylation is 1. The maximum Gasteiger partial charge on any atom is 0.198 e. The van der Waals surface area contributed by atoms with E-state index in [1.165, 1.54) is 19.3 Å². The van der Waals surface area contributed by atoms with Crippen LogP contribution in [-0.4, -0.2) is 53.0 Å². The highest BCUT2D eigenvalue weighted by molar-refractivity contribution is 6.32. The highest BCUT2D eigenvalue weighted by atomic mass is 35.5. The number of likely N-dealkylation sites (tertiary alicyclic amines) is 2. The lowest BCUT2D eigenvalue weighted by Gasteiger charge is -2.27. The van der Waals surface area contributed by atoms with Crippen LogP contribution in [0, 0.1) is 25.2 Å². The molecule has 258 valence electrons. The zero-order valence-electron chi connectivity index (χ0n) is 29.2. The first-order valence-corrected chi connectivity index (χ1v) is 18.1. The van der Waals surface area contributed by atoms with E-state index in [1.54, 1.807) is 18.5 Å². The SMILES string of the molecule is Cc1c(COc2cc(OCc3cncc(C#N)c3)c(CN3CCCCC3)cc2Cl)cccc1-c1cc(C)c2oc(C3CCN(C)CC3)nc2c1. The first-order chi connectivity index (χ1) is 24.3. The Morgan fingerprint density at radius 2 is 1.72 bits per heavy atom. The predicted octanol–water partition coefficient (Wildman–Crippen LogP) is 8.98. The van der Waals surface area contributed by atoms with Gasteiger partial charge in [-0.2, -0.15) is 5.26 Å². The molecule has 0 aliphatic carbocycles. The lowest BCUT2D eigenvalue weighted by atomic mass is 9.95. The number of rotatable bonds is 10. The standard InChI is InChI=1S/C41H44ClN5O3/c1-27-16-33(19-37-40(27)50-41(45-37)31-10-14-46(3)15-11-31)35-9-7-8-32(28(35)2)26-49-39-20-38(48-25-30-17-29(21-43)22-44-23-30)34(18-36(39)42)24-47-12-5-4-6-13-47/h7-9,16-20,22-23,31H,4-6,10-15,24-26H2,1-3H3. The molecule has 2 saturated heterocycles. The topological polar surface area (TPSA) is 87.7 Å². The second kappa shape index (κ2) is 15.2. The van der Waals surface area contributed by atoms with Crippen LogP contribution in [0.3, 0.4) is 0 Å². The minimum absolute atomic E-state index is 0.284. The van der Waals surface area contributed by atoms with Crippen molar-refractivity contribution in [3.63, 3.8) is 0 Å². The van der Waals surface area contributed by atoms with Gasteiger partial charge in [-0.1, -0.05) is 36.2 Å². The largest absolute Gasteiger partial charge is 0.488 e. The summed E-state index contributed by atoms with van der Waals surface area (Å²) in [6.07, 6.45) is 9.08. The van der Waals surface area contributed by atoms with Crippen molar-refractivity contribution in [2.24, 2.45) is 0 Å². The van der Waals surface area contributed by atoms with Gasteiger partial charge in [-0.05, 0) is 125 Å². The van der Waals surface area contributed by atoms with Gasteiger partial charge in [0.25, 0.3) is 0 Å². The van der Waals surface area contributed by atoms with Crippen LogP contribution in [0.2, 0.25) is 5.02 Å². The van der Waals surface area contributed by atoms with Crippen LogP contribution in [-0.2, 0) is 19.8 Å². The van der Waals surface area contributed by atoms with E-state index in [4.69, 9.17) is 30.5 Å². The summed E-state index contributed by atoms with van der Waals surface area (Å²) in [7, 11) is 2.17. The van der Waals surface area contributed by atoms with Crippen LogP contribution in [0.5, 0.6) is 11.5 Å². The van der Waals surface area contributed by atoms with Crippen molar-refractivity contribution in [2.75, 3.05) is 33.2 Å². The van der Waals surface area contributed by atoms with Gasteiger partial charge in [0.15, 0.2) is 11.5 Å². The molecule has 3 aromatic carbocycles. The van der Waals surface area contributed by atoms with Crippen molar-refractivity contribution in [3.05, 3.63) is 105 Å².